The first kappa shape index (κ1) is 17.8. The zero-order valence-corrected chi connectivity index (χ0v) is 16.8. The Labute approximate surface area is 173 Å². The van der Waals surface area contributed by atoms with Crippen molar-refractivity contribution in [3.05, 3.63) is 53.5 Å². The van der Waals surface area contributed by atoms with Gasteiger partial charge in [-0.25, -0.2) is 4.39 Å². The van der Waals surface area contributed by atoms with Crippen molar-refractivity contribution >= 4 is 33.7 Å². The number of halogens is 1. The van der Waals surface area contributed by atoms with Gasteiger partial charge in [0.2, 0.25) is 0 Å². The van der Waals surface area contributed by atoms with Crippen molar-refractivity contribution in [2.45, 2.75) is 25.9 Å². The summed E-state index contributed by atoms with van der Waals surface area (Å²) in [6, 6.07) is 12.1. The molecule has 1 fully saturated rings. The van der Waals surface area contributed by atoms with Crippen molar-refractivity contribution in [1.82, 2.24) is 9.97 Å². The molecule has 0 unspecified atom stereocenters. The minimum atomic E-state index is -0.208. The van der Waals surface area contributed by atoms with Gasteiger partial charge in [0.05, 0.1) is 19.3 Å². The first-order chi connectivity index (χ1) is 14.7. The highest BCUT2D eigenvalue weighted by Gasteiger charge is 2.25. The van der Waals surface area contributed by atoms with E-state index in [0.717, 1.165) is 53.7 Å². The van der Waals surface area contributed by atoms with Crippen molar-refractivity contribution in [3.8, 4) is 0 Å². The lowest BCUT2D eigenvalue weighted by Gasteiger charge is -2.31. The third kappa shape index (κ3) is 2.84. The Balaban J connectivity index is 1.32. The van der Waals surface area contributed by atoms with Crippen molar-refractivity contribution in [2.24, 2.45) is 0 Å². The molecule has 0 amide bonds. The van der Waals surface area contributed by atoms with E-state index in [9.17, 15) is 4.39 Å². The fraction of sp³-hybridized carbons (Fsp3) is 0.348. The number of benzene rings is 2. The zero-order valence-electron chi connectivity index (χ0n) is 16.8. The van der Waals surface area contributed by atoms with Gasteiger partial charge in [0.25, 0.3) is 6.01 Å². The number of ether oxygens (including phenoxy) is 1. The van der Waals surface area contributed by atoms with E-state index in [1.165, 1.54) is 17.3 Å². The van der Waals surface area contributed by atoms with Crippen molar-refractivity contribution in [1.29, 1.82) is 0 Å². The topological polar surface area (TPSA) is 57.5 Å². The maximum atomic E-state index is 13.6. The van der Waals surface area contributed by atoms with Gasteiger partial charge in [-0.2, -0.15) is 4.98 Å². The number of anilines is 2. The molecule has 2 aromatic heterocycles. The smallest absolute Gasteiger partial charge is 0.298 e. The van der Waals surface area contributed by atoms with Crippen LogP contribution in [0.2, 0.25) is 0 Å². The summed E-state index contributed by atoms with van der Waals surface area (Å²) in [5.74, 6) is -0.208. The van der Waals surface area contributed by atoms with Gasteiger partial charge in [0, 0.05) is 53.9 Å². The maximum Gasteiger partial charge on any atom is 0.298 e. The molecule has 0 saturated carbocycles. The second kappa shape index (κ2) is 6.74. The average molecular weight is 406 g/mol. The standard InChI is InChI=1S/C23H23FN4O2/c1-14-13-29-9-8-28(14)23-26-21-11-16(3-5-22(21)30-23)27-7-6-19-18(12-27)17-4-2-15(24)10-20(17)25-19/h2-5,10-11,14,25H,6-9,12-13H2,1H3/t14-/m1/s1. The molecule has 154 valence electrons. The Kier molecular flexibility index (Phi) is 3.99. The van der Waals surface area contributed by atoms with Gasteiger partial charge in [0.15, 0.2) is 5.58 Å². The number of aromatic nitrogens is 2. The van der Waals surface area contributed by atoms with Crippen molar-refractivity contribution < 1.29 is 13.5 Å². The molecule has 2 aliphatic heterocycles. The van der Waals surface area contributed by atoms with Crippen LogP contribution in [-0.4, -0.2) is 42.3 Å². The van der Waals surface area contributed by atoms with E-state index in [-0.39, 0.29) is 11.9 Å². The molecule has 6 nitrogen and oxygen atoms in total. The van der Waals surface area contributed by atoms with Crippen LogP contribution < -0.4 is 9.80 Å². The largest absolute Gasteiger partial charge is 0.423 e. The maximum absolute atomic E-state index is 13.6. The summed E-state index contributed by atoms with van der Waals surface area (Å²) >= 11 is 0. The number of rotatable bonds is 2. The van der Waals surface area contributed by atoms with E-state index in [1.54, 1.807) is 6.07 Å². The monoisotopic (exact) mass is 406 g/mol. The van der Waals surface area contributed by atoms with Crippen molar-refractivity contribution in [3.63, 3.8) is 0 Å². The Morgan fingerprint density at radius 2 is 2.10 bits per heavy atom. The van der Waals surface area contributed by atoms with Crippen LogP contribution >= 0.6 is 0 Å². The van der Waals surface area contributed by atoms with E-state index in [4.69, 9.17) is 14.1 Å². The van der Waals surface area contributed by atoms with E-state index in [1.807, 2.05) is 12.1 Å². The van der Waals surface area contributed by atoms with Crippen LogP contribution in [0.3, 0.4) is 0 Å². The molecule has 1 saturated heterocycles. The summed E-state index contributed by atoms with van der Waals surface area (Å²) in [6.07, 6.45) is 0.902. The van der Waals surface area contributed by atoms with Crippen LogP contribution in [0.5, 0.6) is 0 Å². The molecule has 1 atom stereocenters. The number of morpholine rings is 1. The number of nitrogens with one attached hydrogen (secondary N) is 1. The second-order valence-electron chi connectivity index (χ2n) is 8.21. The Bertz CT molecular complexity index is 1250. The van der Waals surface area contributed by atoms with Crippen LogP contribution in [0, 0.1) is 5.82 Å². The van der Waals surface area contributed by atoms with E-state index >= 15 is 0 Å². The Morgan fingerprint density at radius 3 is 3.00 bits per heavy atom. The highest BCUT2D eigenvalue weighted by molar-refractivity contribution is 5.86. The van der Waals surface area contributed by atoms with Crippen molar-refractivity contribution in [2.75, 3.05) is 36.1 Å². The first-order valence-corrected chi connectivity index (χ1v) is 10.4. The summed E-state index contributed by atoms with van der Waals surface area (Å²) < 4.78 is 25.2. The number of oxazole rings is 1. The molecule has 4 heterocycles. The predicted octanol–water partition coefficient (Wildman–Crippen LogP) is 4.24. The predicted molar refractivity (Wildman–Crippen MR) is 115 cm³/mol. The summed E-state index contributed by atoms with van der Waals surface area (Å²) in [5, 5.41) is 1.10. The average Bonchev–Trinajstić information content (AvgIpc) is 3.33. The van der Waals surface area contributed by atoms with Crippen LogP contribution in [0.1, 0.15) is 18.2 Å². The van der Waals surface area contributed by atoms with Crippen LogP contribution in [-0.2, 0) is 17.7 Å². The highest BCUT2D eigenvalue weighted by Crippen LogP contribution is 2.33. The molecule has 0 spiro atoms. The summed E-state index contributed by atoms with van der Waals surface area (Å²) in [7, 11) is 0. The van der Waals surface area contributed by atoms with Gasteiger partial charge in [-0.15, -0.1) is 0 Å². The van der Waals surface area contributed by atoms with Crippen LogP contribution in [0.25, 0.3) is 22.0 Å². The van der Waals surface area contributed by atoms with Gasteiger partial charge in [0.1, 0.15) is 11.3 Å². The molecule has 2 aliphatic rings. The number of hydrogen-bond donors (Lipinski definition) is 1. The Morgan fingerprint density at radius 1 is 1.17 bits per heavy atom. The number of H-pyrrole nitrogens is 1. The lowest BCUT2D eigenvalue weighted by molar-refractivity contribution is 0.0963. The van der Waals surface area contributed by atoms with Gasteiger partial charge in [-0.05, 0) is 43.3 Å². The number of nitrogens with zero attached hydrogens (tertiary/aromatic N) is 3. The minimum Gasteiger partial charge on any atom is -0.423 e. The number of hydrogen-bond acceptors (Lipinski definition) is 5. The van der Waals surface area contributed by atoms with Crippen LogP contribution in [0.4, 0.5) is 16.1 Å². The molecule has 0 radical (unpaired) electrons. The fourth-order valence-corrected chi connectivity index (χ4v) is 4.65. The molecule has 0 aliphatic carbocycles. The highest BCUT2D eigenvalue weighted by atomic mass is 19.1. The third-order valence-corrected chi connectivity index (χ3v) is 6.28. The van der Waals surface area contributed by atoms with E-state index in [2.05, 4.69) is 33.8 Å². The molecule has 1 N–H and O–H groups in total. The molecule has 6 rings (SSSR count). The summed E-state index contributed by atoms with van der Waals surface area (Å²) in [5.41, 5.74) is 6.12. The molecular formula is C23H23FN4O2. The van der Waals surface area contributed by atoms with E-state index < -0.39 is 0 Å². The molecule has 4 aromatic rings. The molecule has 30 heavy (non-hydrogen) atoms. The quantitative estimate of drug-likeness (QED) is 0.540. The van der Waals surface area contributed by atoms with Gasteiger partial charge in [-0.3, -0.25) is 0 Å². The summed E-state index contributed by atoms with van der Waals surface area (Å²) in [6.45, 7) is 5.99. The third-order valence-electron chi connectivity index (χ3n) is 6.28. The molecule has 7 heteroatoms. The number of aromatic amines is 1. The van der Waals surface area contributed by atoms with Crippen LogP contribution in [0.15, 0.2) is 40.8 Å². The van der Waals surface area contributed by atoms with Gasteiger partial charge < -0.3 is 23.9 Å². The van der Waals surface area contributed by atoms with Gasteiger partial charge in [-0.1, -0.05) is 0 Å². The molecular weight excluding hydrogens is 383 g/mol. The first-order valence-electron chi connectivity index (χ1n) is 10.4. The van der Waals surface area contributed by atoms with Gasteiger partial charge >= 0.3 is 0 Å². The SMILES string of the molecule is C[C@@H]1COCCN1c1nc2cc(N3CCc4[nH]c5cc(F)ccc5c4C3)ccc2o1. The Hall–Kier alpha value is -3.06. The second-order valence-corrected chi connectivity index (χ2v) is 8.21. The van der Waals surface area contributed by atoms with E-state index in [0.29, 0.717) is 19.2 Å². The minimum absolute atomic E-state index is 0.208. The summed E-state index contributed by atoms with van der Waals surface area (Å²) in [4.78, 5) is 12.7. The number of fused-ring (bicyclic) bond motifs is 4. The lowest BCUT2D eigenvalue weighted by Crippen LogP contribution is -2.43. The molecule has 0 bridgehead atoms. The zero-order chi connectivity index (χ0) is 20.2. The fourth-order valence-electron chi connectivity index (χ4n) is 4.65. The normalized spacial score (nSPS) is 19.6. The lowest BCUT2D eigenvalue weighted by atomic mass is 10.0. The molecule has 2 aromatic carbocycles.